The van der Waals surface area contributed by atoms with Crippen LogP contribution in [0.3, 0.4) is 0 Å². The number of hydrogen-bond acceptors (Lipinski definition) is 6. The maximum absolute atomic E-state index is 11.5. The molecule has 6 nitrogen and oxygen atoms in total. The summed E-state index contributed by atoms with van der Waals surface area (Å²) in [6.45, 7) is 5.43. The quantitative estimate of drug-likeness (QED) is 0.0466. The summed E-state index contributed by atoms with van der Waals surface area (Å²) < 4.78 is 5.06. The Bertz CT molecular complexity index is 649. The second-order valence-electron chi connectivity index (χ2n) is 11.3. The molecule has 0 unspecified atom stereocenters. The predicted molar refractivity (Wildman–Crippen MR) is 170 cm³/mol. The zero-order valence-corrected chi connectivity index (χ0v) is 26.7. The monoisotopic (exact) mass is 580 g/mol. The van der Waals surface area contributed by atoms with Crippen LogP contribution in [-0.4, -0.2) is 29.6 Å². The Labute approximate surface area is 252 Å². The van der Waals surface area contributed by atoms with Gasteiger partial charge in [0.2, 0.25) is 0 Å². The summed E-state index contributed by atoms with van der Waals surface area (Å²) in [6.07, 6.45) is 30.5. The number of phenols is 2. The Morgan fingerprint density at radius 1 is 0.537 bits per heavy atom. The molecule has 0 aliphatic carbocycles. The molecule has 0 radical (unpaired) electrons. The molecule has 0 amide bonds. The van der Waals surface area contributed by atoms with Gasteiger partial charge in [0.1, 0.15) is 11.5 Å². The number of carbonyl (C=O) groups excluding carboxylic acids is 1. The number of rotatable bonds is 27. The summed E-state index contributed by atoms with van der Waals surface area (Å²) in [5.74, 6) is 0.176. The van der Waals surface area contributed by atoms with Gasteiger partial charge in [0.25, 0.3) is 0 Å². The number of phenolic OH excluding ortho intramolecular Hbond substituents is 2. The molecule has 0 spiro atoms. The van der Waals surface area contributed by atoms with Crippen molar-refractivity contribution in [1.29, 1.82) is 0 Å². The lowest BCUT2D eigenvalue weighted by Gasteiger charge is -2.06. The average molecular weight is 581 g/mol. The standard InChI is InChI=1S/C29H58O4.C6H6O2/c1-3-5-7-9-11-13-15-17-19-21-23-25-27-31-29(30)33-32-28-26-24-22-20-18-16-14-12-10-8-6-4-2;7-5-2-1-3-6(8)4-5/h3-28H2,1-2H3;1-4,7-8H. The number of aromatic hydroxyl groups is 2. The van der Waals surface area contributed by atoms with E-state index >= 15 is 0 Å². The topological polar surface area (TPSA) is 85.2 Å². The molecule has 2 N–H and O–H groups in total. The van der Waals surface area contributed by atoms with E-state index in [-0.39, 0.29) is 11.5 Å². The fourth-order valence-electron chi connectivity index (χ4n) is 4.71. The van der Waals surface area contributed by atoms with Gasteiger partial charge in [0.15, 0.2) is 0 Å². The minimum Gasteiger partial charge on any atom is -0.508 e. The molecular formula is C35H64O6. The van der Waals surface area contributed by atoms with Crippen molar-refractivity contribution in [2.24, 2.45) is 0 Å². The molecular weight excluding hydrogens is 516 g/mol. The highest BCUT2D eigenvalue weighted by atomic mass is 17.2. The molecule has 0 saturated heterocycles. The van der Waals surface area contributed by atoms with Crippen molar-refractivity contribution >= 4 is 6.16 Å². The Kier molecular flexibility index (Phi) is 31.0. The van der Waals surface area contributed by atoms with Crippen LogP contribution in [0.4, 0.5) is 4.79 Å². The molecule has 240 valence electrons. The average Bonchev–Trinajstić information content (AvgIpc) is 2.96. The third-order valence-electron chi connectivity index (χ3n) is 7.26. The first-order chi connectivity index (χ1) is 20.1. The second kappa shape index (κ2) is 32.6. The van der Waals surface area contributed by atoms with E-state index in [4.69, 9.17) is 19.8 Å². The molecule has 1 aromatic carbocycles. The maximum Gasteiger partial charge on any atom is 0.540 e. The first kappa shape index (κ1) is 39.0. The van der Waals surface area contributed by atoms with Gasteiger partial charge in [-0.2, -0.15) is 4.89 Å². The van der Waals surface area contributed by atoms with Crippen molar-refractivity contribution in [3.63, 3.8) is 0 Å². The van der Waals surface area contributed by atoms with E-state index in [9.17, 15) is 4.79 Å². The molecule has 1 rings (SSSR count). The molecule has 0 aromatic heterocycles. The zero-order chi connectivity index (χ0) is 30.1. The zero-order valence-electron chi connectivity index (χ0n) is 26.7. The molecule has 41 heavy (non-hydrogen) atoms. The van der Waals surface area contributed by atoms with Gasteiger partial charge in [0.05, 0.1) is 13.2 Å². The summed E-state index contributed by atoms with van der Waals surface area (Å²) in [6, 6.07) is 5.85. The van der Waals surface area contributed by atoms with Crippen molar-refractivity contribution in [3.05, 3.63) is 24.3 Å². The van der Waals surface area contributed by atoms with E-state index in [2.05, 4.69) is 18.7 Å². The van der Waals surface area contributed by atoms with Gasteiger partial charge in [-0.15, -0.1) is 0 Å². The van der Waals surface area contributed by atoms with Crippen molar-refractivity contribution in [2.75, 3.05) is 13.2 Å². The van der Waals surface area contributed by atoms with Crippen LogP contribution < -0.4 is 0 Å². The van der Waals surface area contributed by atoms with Crippen molar-refractivity contribution in [3.8, 4) is 11.5 Å². The second-order valence-corrected chi connectivity index (χ2v) is 11.3. The van der Waals surface area contributed by atoms with Crippen LogP contribution in [-0.2, 0) is 14.5 Å². The summed E-state index contributed by atoms with van der Waals surface area (Å²) in [5, 5.41) is 17.3. The fraction of sp³-hybridized carbons (Fsp3) is 0.800. The van der Waals surface area contributed by atoms with Crippen LogP contribution in [0.25, 0.3) is 0 Å². The third kappa shape index (κ3) is 32.4. The lowest BCUT2D eigenvalue weighted by Crippen LogP contribution is -2.09. The molecule has 1 aromatic rings. The first-order valence-electron chi connectivity index (χ1n) is 17.0. The van der Waals surface area contributed by atoms with E-state index in [0.717, 1.165) is 25.7 Å². The minimum atomic E-state index is -0.697. The summed E-state index contributed by atoms with van der Waals surface area (Å²) in [5.41, 5.74) is 0. The minimum absolute atomic E-state index is 0.0880. The number of unbranched alkanes of at least 4 members (excludes halogenated alkanes) is 22. The molecule has 0 atom stereocenters. The Morgan fingerprint density at radius 2 is 0.878 bits per heavy atom. The van der Waals surface area contributed by atoms with E-state index in [1.54, 1.807) is 6.07 Å². The van der Waals surface area contributed by atoms with E-state index in [1.165, 1.54) is 147 Å². The van der Waals surface area contributed by atoms with Gasteiger partial charge in [-0.05, 0) is 25.0 Å². The predicted octanol–water partition coefficient (Wildman–Crippen LogP) is 11.6. The maximum atomic E-state index is 11.5. The van der Waals surface area contributed by atoms with Crippen molar-refractivity contribution in [2.45, 2.75) is 168 Å². The van der Waals surface area contributed by atoms with Crippen molar-refractivity contribution < 1.29 is 29.5 Å². The Morgan fingerprint density at radius 3 is 1.22 bits per heavy atom. The van der Waals surface area contributed by atoms with Crippen molar-refractivity contribution in [1.82, 2.24) is 0 Å². The first-order valence-corrected chi connectivity index (χ1v) is 17.0. The van der Waals surface area contributed by atoms with Gasteiger partial charge < -0.3 is 14.9 Å². The third-order valence-corrected chi connectivity index (χ3v) is 7.26. The molecule has 0 bridgehead atoms. The highest BCUT2D eigenvalue weighted by Gasteiger charge is 2.04. The normalized spacial score (nSPS) is 10.7. The summed E-state index contributed by atoms with van der Waals surface area (Å²) in [4.78, 5) is 21.2. The molecule has 0 heterocycles. The SMILES string of the molecule is CCCCCCCCCCCCCCOOC(=O)OCCCCCCCCCCCCCC.Oc1cccc(O)c1. The lowest BCUT2D eigenvalue weighted by atomic mass is 10.1. The van der Waals surface area contributed by atoms with Gasteiger partial charge in [-0.25, -0.2) is 4.79 Å². The fourth-order valence-corrected chi connectivity index (χ4v) is 4.71. The number of ether oxygens (including phenoxy) is 1. The highest BCUT2D eigenvalue weighted by Crippen LogP contribution is 2.15. The van der Waals surface area contributed by atoms with Crippen LogP contribution in [0, 0.1) is 0 Å². The number of benzene rings is 1. The van der Waals surface area contributed by atoms with Gasteiger partial charge >= 0.3 is 6.16 Å². The molecule has 0 saturated carbocycles. The van der Waals surface area contributed by atoms with Crippen LogP contribution in [0.5, 0.6) is 11.5 Å². The van der Waals surface area contributed by atoms with Gasteiger partial charge in [-0.1, -0.05) is 161 Å². The Balaban J connectivity index is 0.00000170. The Hall–Kier alpha value is -1.95. The van der Waals surface area contributed by atoms with Crippen LogP contribution >= 0.6 is 0 Å². The van der Waals surface area contributed by atoms with Crippen LogP contribution in [0.15, 0.2) is 24.3 Å². The number of hydrogen-bond donors (Lipinski definition) is 2. The highest BCUT2D eigenvalue weighted by molar-refractivity contribution is 5.58. The molecule has 6 heteroatoms. The smallest absolute Gasteiger partial charge is 0.508 e. The molecule has 0 aliphatic rings. The lowest BCUT2D eigenvalue weighted by molar-refractivity contribution is -0.255. The molecule has 0 aliphatic heterocycles. The largest absolute Gasteiger partial charge is 0.540 e. The summed E-state index contributed by atoms with van der Waals surface area (Å²) >= 11 is 0. The van der Waals surface area contributed by atoms with Gasteiger partial charge in [0, 0.05) is 6.07 Å². The van der Waals surface area contributed by atoms with E-state index in [1.807, 2.05) is 0 Å². The van der Waals surface area contributed by atoms with E-state index in [0.29, 0.717) is 13.2 Å². The number of carbonyl (C=O) groups is 1. The van der Waals surface area contributed by atoms with Gasteiger partial charge in [-0.3, -0.25) is 4.89 Å². The molecule has 0 fully saturated rings. The van der Waals surface area contributed by atoms with Crippen LogP contribution in [0.2, 0.25) is 0 Å². The summed E-state index contributed by atoms with van der Waals surface area (Å²) in [7, 11) is 0. The van der Waals surface area contributed by atoms with E-state index < -0.39 is 6.16 Å². The van der Waals surface area contributed by atoms with Crippen LogP contribution in [0.1, 0.15) is 168 Å².